The Balaban J connectivity index is 1.93. The van der Waals surface area contributed by atoms with Crippen LogP contribution in [0, 0.1) is 11.7 Å². The summed E-state index contributed by atoms with van der Waals surface area (Å²) in [5, 5.41) is 3.43. The van der Waals surface area contributed by atoms with Gasteiger partial charge in [0.15, 0.2) is 0 Å². The lowest BCUT2D eigenvalue weighted by molar-refractivity contribution is 0.172. The minimum absolute atomic E-state index is 0.175. The number of piperidine rings is 1. The van der Waals surface area contributed by atoms with Crippen molar-refractivity contribution in [2.75, 3.05) is 25.0 Å². The molecule has 2 unspecified atom stereocenters. The average molecular weight is 250 g/mol. The topological polar surface area (TPSA) is 15.3 Å². The van der Waals surface area contributed by atoms with Gasteiger partial charge in [-0.2, -0.15) is 0 Å². The lowest BCUT2D eigenvalue weighted by atomic mass is 9.91. The molecule has 2 atom stereocenters. The van der Waals surface area contributed by atoms with Crippen molar-refractivity contribution >= 4 is 5.69 Å². The molecule has 0 spiro atoms. The van der Waals surface area contributed by atoms with Crippen molar-refractivity contribution in [1.29, 1.82) is 0 Å². The number of likely N-dealkylation sites (tertiary alicyclic amines) is 1. The number of nitrogens with zero attached hydrogens (tertiary/aromatic N) is 1. The maximum Gasteiger partial charge on any atom is 0.125 e. The summed E-state index contributed by atoms with van der Waals surface area (Å²) in [6.45, 7) is 7.92. The standard InChI is InChI=1S/C15H23FN2/c1-3-18-9-5-6-13(11-18)12(2)17-15-8-4-7-14(16)10-15/h4,7-8,10,12-13,17H,3,5-6,9,11H2,1-2H3. The van der Waals surface area contributed by atoms with E-state index < -0.39 is 0 Å². The van der Waals surface area contributed by atoms with Crippen molar-refractivity contribution in [2.45, 2.75) is 32.7 Å². The van der Waals surface area contributed by atoms with Crippen LogP contribution >= 0.6 is 0 Å². The van der Waals surface area contributed by atoms with Crippen LogP contribution < -0.4 is 5.32 Å². The van der Waals surface area contributed by atoms with Gasteiger partial charge in [0.1, 0.15) is 5.82 Å². The van der Waals surface area contributed by atoms with Gasteiger partial charge in [0.2, 0.25) is 0 Å². The third-order valence-electron chi connectivity index (χ3n) is 3.92. The highest BCUT2D eigenvalue weighted by atomic mass is 19.1. The van der Waals surface area contributed by atoms with Crippen LogP contribution in [0.4, 0.5) is 10.1 Å². The van der Waals surface area contributed by atoms with Crippen molar-refractivity contribution in [3.63, 3.8) is 0 Å². The minimum Gasteiger partial charge on any atom is -0.382 e. The molecule has 18 heavy (non-hydrogen) atoms. The molecule has 0 aromatic heterocycles. The Labute approximate surface area is 109 Å². The van der Waals surface area contributed by atoms with Crippen LogP contribution in [-0.2, 0) is 0 Å². The number of halogens is 1. The number of hydrogen-bond acceptors (Lipinski definition) is 2. The van der Waals surface area contributed by atoms with E-state index in [1.807, 2.05) is 6.07 Å². The van der Waals surface area contributed by atoms with Gasteiger partial charge in [-0.3, -0.25) is 0 Å². The first-order chi connectivity index (χ1) is 8.69. The van der Waals surface area contributed by atoms with Gasteiger partial charge in [0, 0.05) is 18.3 Å². The molecule has 1 N–H and O–H groups in total. The molecule has 0 bridgehead atoms. The fourth-order valence-corrected chi connectivity index (χ4v) is 2.75. The van der Waals surface area contributed by atoms with Crippen LogP contribution in [0.3, 0.4) is 0 Å². The lowest BCUT2D eigenvalue weighted by Crippen LogP contribution is -2.41. The van der Waals surface area contributed by atoms with E-state index in [0.29, 0.717) is 12.0 Å². The Hall–Kier alpha value is -1.09. The molecule has 1 aliphatic heterocycles. The van der Waals surface area contributed by atoms with Gasteiger partial charge >= 0.3 is 0 Å². The number of benzene rings is 1. The van der Waals surface area contributed by atoms with Gasteiger partial charge in [-0.1, -0.05) is 13.0 Å². The minimum atomic E-state index is -0.175. The second-order valence-electron chi connectivity index (χ2n) is 5.24. The van der Waals surface area contributed by atoms with E-state index >= 15 is 0 Å². The van der Waals surface area contributed by atoms with Crippen LogP contribution in [0.2, 0.25) is 0 Å². The fraction of sp³-hybridized carbons (Fsp3) is 0.600. The molecular formula is C15H23FN2. The first kappa shape index (κ1) is 13.3. The normalized spacial score (nSPS) is 22.7. The molecule has 3 heteroatoms. The maximum atomic E-state index is 13.1. The number of hydrogen-bond donors (Lipinski definition) is 1. The lowest BCUT2D eigenvalue weighted by Gasteiger charge is -2.35. The molecule has 0 amide bonds. The molecule has 1 fully saturated rings. The Morgan fingerprint density at radius 2 is 2.33 bits per heavy atom. The summed E-state index contributed by atoms with van der Waals surface area (Å²) in [5.41, 5.74) is 0.885. The highest BCUT2D eigenvalue weighted by Gasteiger charge is 2.23. The summed E-state index contributed by atoms with van der Waals surface area (Å²) >= 11 is 0. The van der Waals surface area contributed by atoms with Crippen LogP contribution in [0.15, 0.2) is 24.3 Å². The summed E-state index contributed by atoms with van der Waals surface area (Å²) in [5.74, 6) is 0.480. The van der Waals surface area contributed by atoms with Crippen molar-refractivity contribution in [1.82, 2.24) is 4.90 Å². The zero-order chi connectivity index (χ0) is 13.0. The van der Waals surface area contributed by atoms with E-state index in [1.54, 1.807) is 12.1 Å². The summed E-state index contributed by atoms with van der Waals surface area (Å²) in [6.07, 6.45) is 2.54. The molecule has 1 aliphatic rings. The molecule has 0 radical (unpaired) electrons. The average Bonchev–Trinajstić information content (AvgIpc) is 2.39. The quantitative estimate of drug-likeness (QED) is 0.881. The largest absolute Gasteiger partial charge is 0.382 e. The molecule has 0 aliphatic carbocycles. The molecule has 1 aromatic rings. The Morgan fingerprint density at radius 1 is 1.50 bits per heavy atom. The third-order valence-corrected chi connectivity index (χ3v) is 3.92. The van der Waals surface area contributed by atoms with E-state index in [2.05, 4.69) is 24.1 Å². The SMILES string of the molecule is CCN1CCCC(C(C)Nc2cccc(F)c2)C1. The predicted octanol–water partition coefficient (Wildman–Crippen LogP) is 3.36. The van der Waals surface area contributed by atoms with Gasteiger partial charge in [-0.15, -0.1) is 0 Å². The second kappa shape index (κ2) is 6.19. The monoisotopic (exact) mass is 250 g/mol. The van der Waals surface area contributed by atoms with Crippen LogP contribution in [0.1, 0.15) is 26.7 Å². The summed E-state index contributed by atoms with van der Waals surface area (Å²) in [4.78, 5) is 2.50. The highest BCUT2D eigenvalue weighted by molar-refractivity contribution is 5.44. The highest BCUT2D eigenvalue weighted by Crippen LogP contribution is 2.22. The molecule has 1 saturated heterocycles. The van der Waals surface area contributed by atoms with Crippen LogP contribution in [-0.4, -0.2) is 30.6 Å². The van der Waals surface area contributed by atoms with Crippen molar-refractivity contribution in [3.05, 3.63) is 30.1 Å². The molecule has 1 heterocycles. The predicted molar refractivity (Wildman–Crippen MR) is 74.3 cm³/mol. The molecule has 100 valence electrons. The Kier molecular flexibility index (Phi) is 4.59. The smallest absolute Gasteiger partial charge is 0.125 e. The Morgan fingerprint density at radius 3 is 3.06 bits per heavy atom. The van der Waals surface area contributed by atoms with Crippen molar-refractivity contribution in [3.8, 4) is 0 Å². The van der Waals surface area contributed by atoms with E-state index in [-0.39, 0.29) is 5.82 Å². The molecule has 0 saturated carbocycles. The first-order valence-electron chi connectivity index (χ1n) is 6.93. The van der Waals surface area contributed by atoms with Gasteiger partial charge < -0.3 is 10.2 Å². The van der Waals surface area contributed by atoms with E-state index in [4.69, 9.17) is 0 Å². The summed E-state index contributed by atoms with van der Waals surface area (Å²) in [6, 6.07) is 7.12. The second-order valence-corrected chi connectivity index (χ2v) is 5.24. The Bertz CT molecular complexity index is 381. The van der Waals surface area contributed by atoms with E-state index in [9.17, 15) is 4.39 Å². The van der Waals surface area contributed by atoms with Gasteiger partial charge in [-0.05, 0) is 57.0 Å². The number of nitrogens with one attached hydrogen (secondary N) is 1. The molecular weight excluding hydrogens is 227 g/mol. The zero-order valence-electron chi connectivity index (χ0n) is 11.3. The van der Waals surface area contributed by atoms with Crippen LogP contribution in [0.5, 0.6) is 0 Å². The van der Waals surface area contributed by atoms with Crippen molar-refractivity contribution in [2.24, 2.45) is 5.92 Å². The molecule has 2 nitrogen and oxygen atoms in total. The first-order valence-corrected chi connectivity index (χ1v) is 6.93. The van der Waals surface area contributed by atoms with Gasteiger partial charge in [0.05, 0.1) is 0 Å². The molecule has 2 rings (SSSR count). The zero-order valence-corrected chi connectivity index (χ0v) is 11.3. The number of anilines is 1. The summed E-state index contributed by atoms with van der Waals surface area (Å²) < 4.78 is 13.1. The van der Waals surface area contributed by atoms with E-state index in [0.717, 1.165) is 18.8 Å². The third kappa shape index (κ3) is 3.45. The van der Waals surface area contributed by atoms with Crippen molar-refractivity contribution < 1.29 is 4.39 Å². The maximum absolute atomic E-state index is 13.1. The van der Waals surface area contributed by atoms with Gasteiger partial charge in [-0.25, -0.2) is 4.39 Å². The van der Waals surface area contributed by atoms with Crippen LogP contribution in [0.25, 0.3) is 0 Å². The molecule has 1 aromatic carbocycles. The number of rotatable bonds is 4. The summed E-state index contributed by atoms with van der Waals surface area (Å²) in [7, 11) is 0. The fourth-order valence-electron chi connectivity index (χ4n) is 2.75. The van der Waals surface area contributed by atoms with Gasteiger partial charge in [0.25, 0.3) is 0 Å². The van der Waals surface area contributed by atoms with E-state index in [1.165, 1.54) is 25.5 Å².